The normalized spacial score (nSPS) is 16.2. The summed E-state index contributed by atoms with van der Waals surface area (Å²) >= 11 is 0. The van der Waals surface area contributed by atoms with Gasteiger partial charge in [0.2, 0.25) is 0 Å². The molecule has 0 fully saturated rings. The molecule has 0 aliphatic carbocycles. The summed E-state index contributed by atoms with van der Waals surface area (Å²) in [4.78, 5) is 34.1. The summed E-state index contributed by atoms with van der Waals surface area (Å²) < 4.78 is 21.1. The second-order valence-corrected chi connectivity index (χ2v) is 6.47. The van der Waals surface area contributed by atoms with Crippen molar-refractivity contribution >= 4 is 15.2 Å². The van der Waals surface area contributed by atoms with Gasteiger partial charge in [-0.15, -0.1) is 0 Å². The Morgan fingerprint density at radius 3 is 1.46 bits per heavy atom. The number of aliphatic hydroxyl groups excluding tert-OH is 1. The summed E-state index contributed by atoms with van der Waals surface area (Å²) in [7, 11) is -9.91. The lowest BCUT2D eigenvalue weighted by atomic mass is 10.4. The van der Waals surface area contributed by atoms with Crippen molar-refractivity contribution in [1.82, 2.24) is 0 Å². The second kappa shape index (κ2) is 4.16. The van der Waals surface area contributed by atoms with Gasteiger partial charge in [0, 0.05) is 6.42 Å². The molecule has 13 heavy (non-hydrogen) atoms. The number of hydrogen-bond donors (Lipinski definition) is 6. The molecular weight excluding hydrogens is 224 g/mol. The third kappa shape index (κ3) is 4.85. The maximum absolute atomic E-state index is 10.5. The first-order valence-electron chi connectivity index (χ1n) is 3.09. The zero-order chi connectivity index (χ0) is 10.9. The molecule has 0 unspecified atom stereocenters. The predicted octanol–water partition coefficient (Wildman–Crippen LogP) is -1.66. The first-order chi connectivity index (χ1) is 5.55. The summed E-state index contributed by atoms with van der Waals surface area (Å²) in [5, 5.41) is 6.30. The molecule has 8 nitrogen and oxygen atoms in total. The number of rotatable bonds is 4. The van der Waals surface area contributed by atoms with Crippen molar-refractivity contribution in [2.75, 3.05) is 0 Å². The molecule has 0 spiro atoms. The Morgan fingerprint density at radius 2 is 1.38 bits per heavy atom. The fourth-order valence-corrected chi connectivity index (χ4v) is 3.24. The molecule has 0 aromatic rings. The van der Waals surface area contributed by atoms with Crippen molar-refractivity contribution in [2.45, 2.75) is 18.0 Å². The molecule has 0 aromatic heterocycles. The Hall–Kier alpha value is 0.220. The molecule has 1 atom stereocenters. The lowest BCUT2D eigenvalue weighted by Crippen LogP contribution is -2.25. The van der Waals surface area contributed by atoms with Gasteiger partial charge in [-0.1, -0.05) is 0 Å². The molecule has 0 radical (unpaired) electrons. The van der Waals surface area contributed by atoms with Crippen LogP contribution in [0.5, 0.6) is 0 Å². The molecule has 0 saturated heterocycles. The Morgan fingerprint density at radius 1 is 1.08 bits per heavy atom. The van der Waals surface area contributed by atoms with E-state index >= 15 is 0 Å². The second-order valence-electron chi connectivity index (χ2n) is 2.46. The van der Waals surface area contributed by atoms with Crippen LogP contribution in [0.1, 0.15) is 6.42 Å². The van der Waals surface area contributed by atoms with Crippen molar-refractivity contribution in [1.29, 1.82) is 0 Å². The van der Waals surface area contributed by atoms with Crippen LogP contribution in [-0.4, -0.2) is 36.3 Å². The zero-order valence-corrected chi connectivity index (χ0v) is 8.18. The summed E-state index contributed by atoms with van der Waals surface area (Å²) in [6, 6.07) is 0. The van der Waals surface area contributed by atoms with Gasteiger partial charge in [0.1, 0.15) is 6.23 Å². The highest BCUT2D eigenvalue weighted by molar-refractivity contribution is 7.70. The van der Waals surface area contributed by atoms with Gasteiger partial charge in [0.15, 0.2) is 5.40 Å². The van der Waals surface area contributed by atoms with Crippen molar-refractivity contribution in [2.24, 2.45) is 5.73 Å². The van der Waals surface area contributed by atoms with Crippen LogP contribution in [-0.2, 0) is 9.13 Å². The average molecular weight is 235 g/mol. The van der Waals surface area contributed by atoms with Gasteiger partial charge in [-0.05, 0) is 0 Å². The average Bonchev–Trinajstić information content (AvgIpc) is 1.77. The van der Waals surface area contributed by atoms with E-state index in [0.29, 0.717) is 0 Å². The first-order valence-corrected chi connectivity index (χ1v) is 6.45. The van der Waals surface area contributed by atoms with E-state index in [9.17, 15) is 9.13 Å². The number of nitrogens with two attached hydrogens (primary N) is 1. The highest BCUT2D eigenvalue weighted by Gasteiger charge is 2.43. The SMILES string of the molecule is N[C@@H](O)CC(P(=O)(O)O)P(=O)(O)O. The van der Waals surface area contributed by atoms with E-state index < -0.39 is 33.2 Å². The van der Waals surface area contributed by atoms with Crippen LogP contribution in [0.15, 0.2) is 0 Å². The van der Waals surface area contributed by atoms with Gasteiger partial charge in [0.25, 0.3) is 0 Å². The van der Waals surface area contributed by atoms with Crippen LogP contribution >= 0.6 is 15.2 Å². The minimum absolute atomic E-state index is 0.853. The quantitative estimate of drug-likeness (QED) is 0.249. The monoisotopic (exact) mass is 235 g/mol. The Balaban J connectivity index is 4.80. The number of hydrogen-bond acceptors (Lipinski definition) is 4. The topological polar surface area (TPSA) is 161 Å². The molecule has 0 amide bonds. The van der Waals surface area contributed by atoms with Crippen molar-refractivity contribution in [3.05, 3.63) is 0 Å². The van der Waals surface area contributed by atoms with Crippen molar-refractivity contribution in [3.63, 3.8) is 0 Å². The maximum atomic E-state index is 10.5. The molecular formula is C3H11NO7P2. The van der Waals surface area contributed by atoms with Gasteiger partial charge in [-0.3, -0.25) is 9.13 Å². The van der Waals surface area contributed by atoms with Crippen LogP contribution in [0.3, 0.4) is 0 Å². The van der Waals surface area contributed by atoms with Gasteiger partial charge >= 0.3 is 15.2 Å². The molecule has 0 aliphatic rings. The third-order valence-corrected chi connectivity index (χ3v) is 5.01. The van der Waals surface area contributed by atoms with Crippen LogP contribution in [0.2, 0.25) is 0 Å². The van der Waals surface area contributed by atoms with E-state index in [2.05, 4.69) is 0 Å². The molecule has 80 valence electrons. The van der Waals surface area contributed by atoms with Crippen LogP contribution in [0.25, 0.3) is 0 Å². The van der Waals surface area contributed by atoms with Crippen LogP contribution in [0, 0.1) is 0 Å². The summed E-state index contributed by atoms with van der Waals surface area (Å²) in [6.45, 7) is 0. The predicted molar refractivity (Wildman–Crippen MR) is 42.7 cm³/mol. The third-order valence-electron chi connectivity index (χ3n) is 1.23. The summed E-state index contributed by atoms with van der Waals surface area (Å²) in [5.41, 5.74) is 4.76. The lowest BCUT2D eigenvalue weighted by Gasteiger charge is -2.20. The van der Waals surface area contributed by atoms with Gasteiger partial charge in [0.05, 0.1) is 0 Å². The zero-order valence-electron chi connectivity index (χ0n) is 6.39. The maximum Gasteiger partial charge on any atom is 0.340 e. The highest BCUT2D eigenvalue weighted by atomic mass is 31.2. The molecule has 0 aromatic carbocycles. The molecule has 0 rings (SSSR count). The van der Waals surface area contributed by atoms with E-state index in [0.717, 1.165) is 0 Å². The molecule has 10 heteroatoms. The van der Waals surface area contributed by atoms with Gasteiger partial charge < -0.3 is 30.4 Å². The largest absolute Gasteiger partial charge is 0.379 e. The summed E-state index contributed by atoms with van der Waals surface area (Å²) in [5.74, 6) is 0. The minimum Gasteiger partial charge on any atom is -0.379 e. The molecule has 0 bridgehead atoms. The molecule has 0 saturated carbocycles. The van der Waals surface area contributed by atoms with E-state index in [1.54, 1.807) is 0 Å². The number of aliphatic hydroxyl groups is 1. The first kappa shape index (κ1) is 13.2. The Kier molecular flexibility index (Phi) is 4.23. The molecule has 0 heterocycles. The Bertz CT molecular complexity index is 230. The van der Waals surface area contributed by atoms with E-state index in [-0.39, 0.29) is 0 Å². The van der Waals surface area contributed by atoms with Crippen molar-refractivity contribution < 1.29 is 33.8 Å². The van der Waals surface area contributed by atoms with Crippen LogP contribution in [0.4, 0.5) is 0 Å². The van der Waals surface area contributed by atoms with Gasteiger partial charge in [-0.2, -0.15) is 0 Å². The standard InChI is InChI=1S/C3H11NO7P2/c4-2(5)1-3(12(6,7)8)13(9,10)11/h2-3,5H,1,4H2,(H2,6,7,8)(H2,9,10,11)/t2-/m0/s1. The molecule has 7 N–H and O–H groups in total. The molecule has 0 aliphatic heterocycles. The lowest BCUT2D eigenvalue weighted by molar-refractivity contribution is 0.169. The fraction of sp³-hybridized carbons (Fsp3) is 1.00. The minimum atomic E-state index is -4.95. The van der Waals surface area contributed by atoms with E-state index in [4.69, 9.17) is 30.4 Å². The smallest absolute Gasteiger partial charge is 0.340 e. The van der Waals surface area contributed by atoms with Gasteiger partial charge in [-0.25, -0.2) is 0 Å². The fourth-order valence-electron chi connectivity index (χ4n) is 0.687. The summed E-state index contributed by atoms with van der Waals surface area (Å²) in [6.07, 6.45) is -2.53. The van der Waals surface area contributed by atoms with Crippen molar-refractivity contribution in [3.8, 4) is 0 Å². The Labute approximate surface area is 73.7 Å². The van der Waals surface area contributed by atoms with E-state index in [1.807, 2.05) is 0 Å². The van der Waals surface area contributed by atoms with E-state index in [1.165, 1.54) is 0 Å². The van der Waals surface area contributed by atoms with Crippen LogP contribution < -0.4 is 5.73 Å². The highest BCUT2D eigenvalue weighted by Crippen LogP contribution is 2.61.